The van der Waals surface area contributed by atoms with E-state index in [2.05, 4.69) is 43.8 Å². The zero-order valence-electron chi connectivity index (χ0n) is 22.0. The predicted molar refractivity (Wildman–Crippen MR) is 156 cm³/mol. The molecule has 0 saturated heterocycles. The Labute approximate surface area is 235 Å². The minimum Gasteiger partial charge on any atom is -0.383 e. The van der Waals surface area contributed by atoms with Gasteiger partial charge in [0.1, 0.15) is 17.0 Å². The highest BCUT2D eigenvalue weighted by molar-refractivity contribution is 5.92. The van der Waals surface area contributed by atoms with Crippen LogP contribution in [0.15, 0.2) is 85.5 Å². The van der Waals surface area contributed by atoms with E-state index in [-0.39, 0.29) is 0 Å². The van der Waals surface area contributed by atoms with Gasteiger partial charge in [-0.1, -0.05) is 12.0 Å². The van der Waals surface area contributed by atoms with Gasteiger partial charge in [-0.05, 0) is 85.0 Å². The smallest absolute Gasteiger partial charge is 0.250 e. The van der Waals surface area contributed by atoms with Gasteiger partial charge in [-0.15, -0.1) is 6.42 Å². The van der Waals surface area contributed by atoms with Gasteiger partial charge in [-0.2, -0.15) is 5.10 Å². The molecule has 0 atom stereocenters. The number of carbonyl (C=O) groups excluding carboxylic acids is 1. The minimum atomic E-state index is -0.499. The first-order valence-corrected chi connectivity index (χ1v) is 13.0. The lowest BCUT2D eigenvalue weighted by molar-refractivity contribution is 0.1000. The van der Waals surface area contributed by atoms with Crippen molar-refractivity contribution < 1.29 is 4.79 Å². The molecule has 10 nitrogen and oxygen atoms in total. The third-order valence-corrected chi connectivity index (χ3v) is 6.84. The maximum atomic E-state index is 10.5. The maximum Gasteiger partial charge on any atom is 0.250 e. The second-order valence-corrected chi connectivity index (χ2v) is 9.42. The molecule has 1 aliphatic rings. The van der Waals surface area contributed by atoms with E-state index in [1.807, 2.05) is 36.5 Å². The molecule has 5 heterocycles. The molecule has 0 aliphatic heterocycles. The van der Waals surface area contributed by atoms with Gasteiger partial charge < -0.3 is 11.5 Å². The number of anilines is 1. The second-order valence-electron chi connectivity index (χ2n) is 9.42. The summed E-state index contributed by atoms with van der Waals surface area (Å²) in [7, 11) is 0. The van der Waals surface area contributed by atoms with E-state index in [9.17, 15) is 4.79 Å². The number of benzene rings is 1. The van der Waals surface area contributed by atoms with Crippen LogP contribution in [0.5, 0.6) is 0 Å². The normalized spacial score (nSPS) is 11.9. The Hall–Kier alpha value is -5.82. The number of pyridine rings is 3. The summed E-state index contributed by atoms with van der Waals surface area (Å²) in [4.78, 5) is 28.4. The maximum absolute atomic E-state index is 10.5. The molecule has 1 aromatic carbocycles. The zero-order valence-corrected chi connectivity index (χ0v) is 22.0. The summed E-state index contributed by atoms with van der Waals surface area (Å²) >= 11 is 0. The van der Waals surface area contributed by atoms with Crippen molar-refractivity contribution in [3.05, 3.63) is 108 Å². The van der Waals surface area contributed by atoms with E-state index >= 15 is 0 Å². The molecule has 1 amide bonds. The topological polar surface area (TPSA) is 143 Å². The number of nitrogens with zero attached hydrogens (tertiary/aromatic N) is 7. The van der Waals surface area contributed by atoms with Gasteiger partial charge in [0.05, 0.1) is 11.1 Å². The van der Waals surface area contributed by atoms with Crippen LogP contribution in [0.2, 0.25) is 0 Å². The molecule has 41 heavy (non-hydrogen) atoms. The van der Waals surface area contributed by atoms with Crippen molar-refractivity contribution in [3.63, 3.8) is 0 Å². The number of aryl methyl sites for hydroxylation is 2. The van der Waals surface area contributed by atoms with E-state index < -0.39 is 5.91 Å². The lowest BCUT2D eigenvalue weighted by atomic mass is 10.1. The molecule has 5 aromatic heterocycles. The van der Waals surface area contributed by atoms with Gasteiger partial charge in [-0.25, -0.2) is 24.6 Å². The molecule has 0 unspecified atom stereocenters. The largest absolute Gasteiger partial charge is 0.383 e. The lowest BCUT2D eigenvalue weighted by Gasteiger charge is -2.12. The lowest BCUT2D eigenvalue weighted by Crippen LogP contribution is -2.10. The number of carbonyl (C=O) groups is 1. The summed E-state index contributed by atoms with van der Waals surface area (Å²) in [6.07, 6.45) is 15.2. The highest BCUT2D eigenvalue weighted by Gasteiger charge is 2.20. The number of primary amides is 1. The number of nitrogens with two attached hydrogens (primary N) is 2. The van der Waals surface area contributed by atoms with Crippen molar-refractivity contribution in [1.29, 1.82) is 0 Å². The Morgan fingerprint density at radius 1 is 0.951 bits per heavy atom. The minimum absolute atomic E-state index is 0.365. The van der Waals surface area contributed by atoms with E-state index in [1.54, 1.807) is 29.2 Å². The molecule has 0 bridgehead atoms. The Balaban J connectivity index is 0.000000233. The molecule has 0 fully saturated rings. The molecule has 200 valence electrons. The first-order chi connectivity index (χ1) is 20.0. The van der Waals surface area contributed by atoms with Crippen molar-refractivity contribution in [2.75, 3.05) is 5.73 Å². The number of nitrogen functional groups attached to an aromatic ring is 1. The fourth-order valence-electron chi connectivity index (χ4n) is 4.83. The van der Waals surface area contributed by atoms with Crippen LogP contribution >= 0.6 is 0 Å². The average molecular weight is 540 g/mol. The molecular weight excluding hydrogens is 514 g/mol. The summed E-state index contributed by atoms with van der Waals surface area (Å²) < 4.78 is 3.83. The molecule has 10 heteroatoms. The van der Waals surface area contributed by atoms with Gasteiger partial charge in [0.25, 0.3) is 0 Å². The Bertz CT molecular complexity index is 1920. The van der Waals surface area contributed by atoms with Crippen LogP contribution in [0.3, 0.4) is 0 Å². The van der Waals surface area contributed by atoms with E-state index in [0.717, 1.165) is 46.9 Å². The molecule has 0 radical (unpaired) electrons. The summed E-state index contributed by atoms with van der Waals surface area (Å²) in [6, 6.07) is 19.3. The third kappa shape index (κ3) is 4.99. The quantitative estimate of drug-likeness (QED) is 0.323. The van der Waals surface area contributed by atoms with Crippen LogP contribution in [-0.2, 0) is 12.8 Å². The van der Waals surface area contributed by atoms with Crippen LogP contribution in [0.25, 0.3) is 34.1 Å². The molecule has 0 saturated carbocycles. The van der Waals surface area contributed by atoms with Crippen molar-refractivity contribution in [1.82, 2.24) is 34.3 Å². The van der Waals surface area contributed by atoms with Gasteiger partial charge in [-0.3, -0.25) is 9.36 Å². The van der Waals surface area contributed by atoms with Crippen molar-refractivity contribution in [3.8, 4) is 35.2 Å². The molecule has 7 rings (SSSR count). The van der Waals surface area contributed by atoms with Crippen molar-refractivity contribution in [2.24, 2.45) is 5.73 Å². The Morgan fingerprint density at radius 2 is 1.83 bits per heavy atom. The van der Waals surface area contributed by atoms with Crippen LogP contribution < -0.4 is 11.5 Å². The highest BCUT2D eigenvalue weighted by atomic mass is 16.1. The number of terminal acetylenes is 1. The van der Waals surface area contributed by atoms with Gasteiger partial charge >= 0.3 is 0 Å². The molecule has 1 aliphatic carbocycles. The zero-order chi connectivity index (χ0) is 28.3. The van der Waals surface area contributed by atoms with Crippen LogP contribution in [0, 0.1) is 12.3 Å². The Kier molecular flexibility index (Phi) is 6.67. The summed E-state index contributed by atoms with van der Waals surface area (Å²) in [5.74, 6) is 3.75. The highest BCUT2D eigenvalue weighted by Crippen LogP contribution is 2.32. The standard InChI is InChI=1S/C23H19N7.C8H6N2O/c24-21-18(6-2-11-25-21)22-27-19-9-10-20(29-13-3-12-26-29)28-23(19)30(22)17-8-7-15-4-1-5-16(15)14-17;1-2-7-4-3-6(5-10-7)8(9)11/h2-3,6-14H,1,4-5H2,(H2,24,25);1,3-5H,(H2,9,11). The molecule has 0 spiro atoms. The van der Waals surface area contributed by atoms with Gasteiger partial charge in [0.15, 0.2) is 17.3 Å². The SMILES string of the molecule is C#Cc1ccc(C(N)=O)cn1.Nc1ncccc1-c1nc2ccc(-n3cccn3)nc2n1-c1ccc2c(c1)CCC2. The second kappa shape index (κ2) is 10.7. The van der Waals surface area contributed by atoms with Crippen molar-refractivity contribution >= 4 is 22.9 Å². The van der Waals surface area contributed by atoms with Crippen LogP contribution in [-0.4, -0.2) is 40.2 Å². The fourth-order valence-corrected chi connectivity index (χ4v) is 4.83. The van der Waals surface area contributed by atoms with E-state index in [1.165, 1.54) is 23.7 Å². The van der Waals surface area contributed by atoms with Gasteiger partial charge in [0, 0.05) is 30.5 Å². The Morgan fingerprint density at radius 3 is 2.56 bits per heavy atom. The number of hydrogen-bond donors (Lipinski definition) is 2. The number of aromatic nitrogens is 7. The number of hydrogen-bond acceptors (Lipinski definition) is 7. The number of rotatable bonds is 4. The summed E-state index contributed by atoms with van der Waals surface area (Å²) in [6.45, 7) is 0. The number of fused-ring (bicyclic) bond motifs is 2. The first-order valence-electron chi connectivity index (χ1n) is 13.0. The molecule has 6 aromatic rings. The monoisotopic (exact) mass is 539 g/mol. The van der Waals surface area contributed by atoms with Crippen LogP contribution in [0.1, 0.15) is 33.6 Å². The average Bonchev–Trinajstić information content (AvgIpc) is 3.77. The number of imidazole rings is 1. The molecular formula is C31H25N9O. The van der Waals surface area contributed by atoms with Gasteiger partial charge in [0.2, 0.25) is 5.91 Å². The fraction of sp³-hybridized carbons (Fsp3) is 0.0968. The van der Waals surface area contributed by atoms with E-state index in [4.69, 9.17) is 27.9 Å². The van der Waals surface area contributed by atoms with Crippen LogP contribution in [0.4, 0.5) is 5.82 Å². The van der Waals surface area contributed by atoms with E-state index in [0.29, 0.717) is 17.1 Å². The predicted octanol–water partition coefficient (Wildman–Crippen LogP) is 3.90. The number of amides is 1. The van der Waals surface area contributed by atoms with Crippen molar-refractivity contribution in [2.45, 2.75) is 19.3 Å². The summed E-state index contributed by atoms with van der Waals surface area (Å²) in [5, 5.41) is 4.32. The summed E-state index contributed by atoms with van der Waals surface area (Å²) in [5.41, 5.74) is 18.2. The molecule has 4 N–H and O–H groups in total. The first kappa shape index (κ1) is 25.5. The third-order valence-electron chi connectivity index (χ3n) is 6.84.